The molecule has 112 valence electrons. The van der Waals surface area contributed by atoms with Crippen LogP contribution in [0.3, 0.4) is 0 Å². The molecule has 0 saturated carbocycles. The second-order valence-corrected chi connectivity index (χ2v) is 6.25. The molecule has 0 radical (unpaired) electrons. The van der Waals surface area contributed by atoms with Gasteiger partial charge in [-0.05, 0) is 37.4 Å². The van der Waals surface area contributed by atoms with E-state index in [2.05, 4.69) is 18.7 Å². The maximum absolute atomic E-state index is 12.4. The Bertz CT molecular complexity index is 409. The largest absolute Gasteiger partial charge is 0.341 e. The van der Waals surface area contributed by atoms with Gasteiger partial charge in [0.15, 0.2) is 0 Å². The van der Waals surface area contributed by atoms with Crippen LogP contribution in [0.4, 0.5) is 0 Å². The zero-order chi connectivity index (χ0) is 14.5. The molecule has 1 aromatic heterocycles. The van der Waals surface area contributed by atoms with Crippen molar-refractivity contribution in [1.82, 2.24) is 9.80 Å². The van der Waals surface area contributed by atoms with Crippen molar-refractivity contribution in [2.24, 2.45) is 5.73 Å². The number of carbonyl (C=O) groups excluding carboxylic acids is 1. The second kappa shape index (κ2) is 7.20. The normalized spacial score (nSPS) is 18.5. The summed E-state index contributed by atoms with van der Waals surface area (Å²) in [4.78, 5) is 17.8. The molecular formula is C15H25N3OS. The van der Waals surface area contributed by atoms with Crippen molar-refractivity contribution in [3.05, 3.63) is 22.4 Å². The zero-order valence-corrected chi connectivity index (χ0v) is 13.2. The van der Waals surface area contributed by atoms with E-state index in [-0.39, 0.29) is 5.91 Å². The molecular weight excluding hydrogens is 270 g/mol. The lowest BCUT2D eigenvalue weighted by atomic mass is 10.0. The summed E-state index contributed by atoms with van der Waals surface area (Å²) in [7, 11) is 0. The summed E-state index contributed by atoms with van der Waals surface area (Å²) in [5, 5.41) is 1.97. The maximum atomic E-state index is 12.4. The Kier molecular flexibility index (Phi) is 5.57. The number of likely N-dealkylation sites (tertiary alicyclic amines) is 1. The molecule has 1 aromatic rings. The zero-order valence-electron chi connectivity index (χ0n) is 12.4. The van der Waals surface area contributed by atoms with Crippen LogP contribution >= 0.6 is 11.3 Å². The molecule has 1 fully saturated rings. The van der Waals surface area contributed by atoms with Crippen LogP contribution in [0.25, 0.3) is 0 Å². The van der Waals surface area contributed by atoms with E-state index in [9.17, 15) is 4.79 Å². The third-order valence-corrected chi connectivity index (χ3v) is 5.18. The number of nitrogens with zero attached hydrogens (tertiary/aromatic N) is 2. The summed E-state index contributed by atoms with van der Waals surface area (Å²) in [5.74, 6) is 0.0745. The number of hydrogen-bond donors (Lipinski definition) is 1. The van der Waals surface area contributed by atoms with Gasteiger partial charge in [-0.3, -0.25) is 4.79 Å². The third kappa shape index (κ3) is 3.40. The van der Waals surface area contributed by atoms with Gasteiger partial charge in [0, 0.05) is 24.0 Å². The van der Waals surface area contributed by atoms with Crippen molar-refractivity contribution in [2.45, 2.75) is 38.8 Å². The van der Waals surface area contributed by atoms with Crippen LogP contribution in [0.15, 0.2) is 17.5 Å². The van der Waals surface area contributed by atoms with E-state index in [1.807, 2.05) is 22.4 Å². The summed E-state index contributed by atoms with van der Waals surface area (Å²) in [6.07, 6.45) is 2.12. The molecule has 4 nitrogen and oxygen atoms in total. The van der Waals surface area contributed by atoms with Crippen molar-refractivity contribution < 1.29 is 4.79 Å². The van der Waals surface area contributed by atoms with E-state index in [4.69, 9.17) is 5.73 Å². The Hall–Kier alpha value is -0.910. The molecule has 2 rings (SSSR count). The Balaban J connectivity index is 1.89. The number of hydrogen-bond acceptors (Lipinski definition) is 4. The van der Waals surface area contributed by atoms with Gasteiger partial charge < -0.3 is 15.5 Å². The van der Waals surface area contributed by atoms with Gasteiger partial charge in [-0.1, -0.05) is 19.9 Å². The first-order valence-electron chi connectivity index (χ1n) is 7.49. The average molecular weight is 295 g/mol. The molecule has 1 atom stereocenters. The van der Waals surface area contributed by atoms with Gasteiger partial charge in [0.05, 0.1) is 0 Å². The van der Waals surface area contributed by atoms with Crippen LogP contribution in [0.2, 0.25) is 0 Å². The number of nitrogens with two attached hydrogens (primary N) is 1. The second-order valence-electron chi connectivity index (χ2n) is 5.27. The number of piperidine rings is 1. The van der Waals surface area contributed by atoms with Crippen molar-refractivity contribution >= 4 is 17.2 Å². The minimum Gasteiger partial charge on any atom is -0.341 e. The van der Waals surface area contributed by atoms with Crippen molar-refractivity contribution in [1.29, 1.82) is 0 Å². The van der Waals surface area contributed by atoms with Crippen molar-refractivity contribution in [2.75, 3.05) is 26.2 Å². The highest BCUT2D eigenvalue weighted by molar-refractivity contribution is 7.10. The summed E-state index contributed by atoms with van der Waals surface area (Å²) in [5.41, 5.74) is 6.07. The Morgan fingerprint density at radius 3 is 2.60 bits per heavy atom. The Morgan fingerprint density at radius 2 is 2.10 bits per heavy atom. The highest BCUT2D eigenvalue weighted by Crippen LogP contribution is 2.22. The number of amides is 1. The topological polar surface area (TPSA) is 49.6 Å². The van der Waals surface area contributed by atoms with E-state index >= 15 is 0 Å². The Morgan fingerprint density at radius 1 is 1.45 bits per heavy atom. The van der Waals surface area contributed by atoms with Crippen LogP contribution in [0.5, 0.6) is 0 Å². The van der Waals surface area contributed by atoms with Gasteiger partial charge in [-0.15, -0.1) is 11.3 Å². The van der Waals surface area contributed by atoms with Crippen LogP contribution in [0.1, 0.15) is 37.6 Å². The molecule has 1 aliphatic heterocycles. The average Bonchev–Trinajstić information content (AvgIpc) is 3.02. The first-order chi connectivity index (χ1) is 9.67. The van der Waals surface area contributed by atoms with E-state index in [0.717, 1.165) is 43.9 Å². The monoisotopic (exact) mass is 295 g/mol. The first-order valence-corrected chi connectivity index (χ1v) is 8.37. The summed E-state index contributed by atoms with van der Waals surface area (Å²) in [6, 6.07) is 4.02. The van der Waals surface area contributed by atoms with E-state index in [0.29, 0.717) is 6.04 Å². The quantitative estimate of drug-likeness (QED) is 0.905. The van der Waals surface area contributed by atoms with Crippen molar-refractivity contribution in [3.63, 3.8) is 0 Å². The molecule has 1 unspecified atom stereocenters. The third-order valence-electron chi connectivity index (χ3n) is 4.22. The van der Waals surface area contributed by atoms with Gasteiger partial charge in [-0.2, -0.15) is 0 Å². The van der Waals surface area contributed by atoms with Gasteiger partial charge in [0.1, 0.15) is 6.04 Å². The van der Waals surface area contributed by atoms with Gasteiger partial charge in [-0.25, -0.2) is 0 Å². The molecule has 1 saturated heterocycles. The molecule has 2 N–H and O–H groups in total. The molecule has 1 amide bonds. The molecule has 0 aromatic carbocycles. The minimum absolute atomic E-state index is 0.0745. The highest BCUT2D eigenvalue weighted by atomic mass is 32.1. The predicted octanol–water partition coefficient (Wildman–Crippen LogP) is 2.08. The summed E-state index contributed by atoms with van der Waals surface area (Å²) >= 11 is 1.56. The van der Waals surface area contributed by atoms with Crippen LogP contribution in [0, 0.1) is 0 Å². The van der Waals surface area contributed by atoms with Crippen molar-refractivity contribution in [3.8, 4) is 0 Å². The number of thiophene rings is 1. The standard InChI is InChI=1S/C15H25N3OS/c1-3-17(4-2)12-7-9-18(10-8-12)15(19)14(16)13-6-5-11-20-13/h5-6,11-12,14H,3-4,7-10,16H2,1-2H3. The minimum atomic E-state index is -0.486. The molecule has 0 aliphatic carbocycles. The van der Waals surface area contributed by atoms with Gasteiger partial charge >= 0.3 is 0 Å². The summed E-state index contributed by atoms with van der Waals surface area (Å²) in [6.45, 7) is 8.24. The van der Waals surface area contributed by atoms with Gasteiger partial charge in [0.2, 0.25) is 5.91 Å². The lowest BCUT2D eigenvalue weighted by Gasteiger charge is -2.38. The fourth-order valence-corrected chi connectivity index (χ4v) is 3.70. The van der Waals surface area contributed by atoms with Gasteiger partial charge in [0.25, 0.3) is 0 Å². The van der Waals surface area contributed by atoms with Crippen LogP contribution in [-0.4, -0.2) is 47.9 Å². The Labute approximate surface area is 125 Å². The number of carbonyl (C=O) groups is 1. The lowest BCUT2D eigenvalue weighted by molar-refractivity contribution is -0.134. The van der Waals surface area contributed by atoms with E-state index < -0.39 is 6.04 Å². The van der Waals surface area contributed by atoms with Crippen LogP contribution in [-0.2, 0) is 4.79 Å². The summed E-state index contributed by atoms with van der Waals surface area (Å²) < 4.78 is 0. The molecule has 20 heavy (non-hydrogen) atoms. The van der Waals surface area contributed by atoms with E-state index in [1.165, 1.54) is 0 Å². The van der Waals surface area contributed by atoms with E-state index in [1.54, 1.807) is 11.3 Å². The lowest BCUT2D eigenvalue weighted by Crippen LogP contribution is -2.48. The predicted molar refractivity (Wildman–Crippen MR) is 83.8 cm³/mol. The molecule has 0 bridgehead atoms. The fraction of sp³-hybridized carbons (Fsp3) is 0.667. The highest BCUT2D eigenvalue weighted by Gasteiger charge is 2.29. The van der Waals surface area contributed by atoms with Crippen LogP contribution < -0.4 is 5.73 Å². The number of rotatable bonds is 5. The molecule has 1 aliphatic rings. The maximum Gasteiger partial charge on any atom is 0.244 e. The fourth-order valence-electron chi connectivity index (χ4n) is 2.98. The SMILES string of the molecule is CCN(CC)C1CCN(C(=O)C(N)c2cccs2)CC1. The molecule has 5 heteroatoms. The smallest absolute Gasteiger partial charge is 0.244 e. The molecule has 0 spiro atoms. The molecule has 2 heterocycles. The first kappa shape index (κ1) is 15.5.